The molecule has 4 heteroatoms. The van der Waals surface area contributed by atoms with Gasteiger partial charge in [-0.2, -0.15) is 0 Å². The van der Waals surface area contributed by atoms with E-state index in [1.165, 1.54) is 49.7 Å². The number of rotatable bonds is 12. The second-order valence-corrected chi connectivity index (χ2v) is 13.6. The number of hydrogen-bond donors (Lipinski definition) is 1. The van der Waals surface area contributed by atoms with E-state index in [0.717, 1.165) is 63.4 Å². The van der Waals surface area contributed by atoms with Crippen LogP contribution in [0.3, 0.4) is 0 Å². The van der Waals surface area contributed by atoms with Gasteiger partial charge in [0.15, 0.2) is 0 Å². The Morgan fingerprint density at radius 1 is 0.595 bits per heavy atom. The molecule has 4 nitrogen and oxygen atoms in total. The van der Waals surface area contributed by atoms with Crippen LogP contribution in [0.2, 0.25) is 0 Å². The fourth-order valence-electron chi connectivity index (χ4n) is 7.59. The Kier molecular flexibility index (Phi) is 9.34. The molecular weight excluding hydrogens is 460 g/mol. The highest BCUT2D eigenvalue weighted by Crippen LogP contribution is 2.38. The van der Waals surface area contributed by atoms with Gasteiger partial charge in [-0.05, 0) is 116 Å². The molecule has 0 bridgehead atoms. The fourth-order valence-corrected chi connectivity index (χ4v) is 7.59. The summed E-state index contributed by atoms with van der Waals surface area (Å²) in [6.45, 7) is 13.4. The van der Waals surface area contributed by atoms with Crippen molar-refractivity contribution in [3.05, 3.63) is 28.8 Å². The molecule has 1 aromatic carbocycles. The molecule has 0 radical (unpaired) electrons. The molecule has 0 amide bonds. The van der Waals surface area contributed by atoms with E-state index < -0.39 is 0 Å². The molecule has 37 heavy (non-hydrogen) atoms. The highest BCUT2D eigenvalue weighted by atomic mass is 16.5. The Labute approximate surface area is 226 Å². The third-order valence-corrected chi connectivity index (χ3v) is 9.43. The van der Waals surface area contributed by atoms with E-state index in [9.17, 15) is 5.11 Å². The second kappa shape index (κ2) is 12.0. The molecule has 0 aromatic heterocycles. The van der Waals surface area contributed by atoms with Crippen LogP contribution >= 0.6 is 0 Å². The summed E-state index contributed by atoms with van der Waals surface area (Å²) in [6, 6.07) is 4.02. The van der Waals surface area contributed by atoms with Crippen molar-refractivity contribution >= 4 is 0 Å². The van der Waals surface area contributed by atoms with Gasteiger partial charge in [-0.25, -0.2) is 0 Å². The fraction of sp³-hybridized carbons (Fsp3) is 0.818. The van der Waals surface area contributed by atoms with E-state index >= 15 is 0 Å². The van der Waals surface area contributed by atoms with Crippen LogP contribution in [-0.4, -0.2) is 40.2 Å². The zero-order valence-corrected chi connectivity index (χ0v) is 24.7. The van der Waals surface area contributed by atoms with Crippen LogP contribution < -0.4 is 0 Å². The molecule has 210 valence electrons. The van der Waals surface area contributed by atoms with Gasteiger partial charge in [0, 0.05) is 6.42 Å². The average molecular weight is 515 g/mol. The Bertz CT molecular complexity index is 875. The smallest absolute Gasteiger partial charge is 0.119 e. The number of benzene rings is 1. The summed E-state index contributed by atoms with van der Waals surface area (Å²) in [5.74, 6) is 0.390. The van der Waals surface area contributed by atoms with Crippen molar-refractivity contribution in [3.8, 4) is 5.75 Å². The van der Waals surface area contributed by atoms with Crippen LogP contribution in [0.15, 0.2) is 12.1 Å². The molecule has 0 saturated heterocycles. The van der Waals surface area contributed by atoms with Gasteiger partial charge in [0.2, 0.25) is 0 Å². The van der Waals surface area contributed by atoms with Crippen LogP contribution in [0.5, 0.6) is 5.75 Å². The van der Waals surface area contributed by atoms with Gasteiger partial charge in [-0.3, -0.25) is 0 Å². The van der Waals surface area contributed by atoms with E-state index in [1.54, 1.807) is 0 Å². The predicted molar refractivity (Wildman–Crippen MR) is 151 cm³/mol. The minimum absolute atomic E-state index is 0.00583. The molecule has 3 saturated carbocycles. The van der Waals surface area contributed by atoms with Crippen molar-refractivity contribution in [2.24, 2.45) is 0 Å². The third-order valence-electron chi connectivity index (χ3n) is 9.43. The van der Waals surface area contributed by atoms with Gasteiger partial charge in [0.1, 0.15) is 5.75 Å². The first-order valence-electron chi connectivity index (χ1n) is 15.3. The predicted octanol–water partition coefficient (Wildman–Crippen LogP) is 8.23. The molecule has 1 N–H and O–H groups in total. The first kappa shape index (κ1) is 28.9. The van der Waals surface area contributed by atoms with E-state index in [4.69, 9.17) is 14.2 Å². The van der Waals surface area contributed by atoms with E-state index in [-0.39, 0.29) is 35.1 Å². The van der Waals surface area contributed by atoms with E-state index in [0.29, 0.717) is 5.75 Å². The summed E-state index contributed by atoms with van der Waals surface area (Å²) in [4.78, 5) is 0. The lowest BCUT2D eigenvalue weighted by molar-refractivity contribution is -0.0737. The van der Waals surface area contributed by atoms with Gasteiger partial charge in [0.25, 0.3) is 0 Å². The molecule has 3 aliphatic carbocycles. The van der Waals surface area contributed by atoms with Crippen LogP contribution in [0.25, 0.3) is 0 Å². The normalized spacial score (nSPS) is 24.8. The number of phenols is 1. The molecule has 0 spiro atoms. The summed E-state index contributed by atoms with van der Waals surface area (Å²) >= 11 is 0. The molecule has 0 heterocycles. The lowest BCUT2D eigenvalue weighted by atomic mass is 9.89. The first-order chi connectivity index (χ1) is 17.5. The highest BCUT2D eigenvalue weighted by Gasteiger charge is 2.34. The molecule has 3 fully saturated rings. The highest BCUT2D eigenvalue weighted by molar-refractivity contribution is 5.45. The lowest BCUT2D eigenvalue weighted by Gasteiger charge is -2.32. The Morgan fingerprint density at radius 3 is 1.35 bits per heavy atom. The molecule has 3 atom stereocenters. The van der Waals surface area contributed by atoms with Gasteiger partial charge in [-0.15, -0.1) is 0 Å². The monoisotopic (exact) mass is 514 g/mol. The summed E-state index contributed by atoms with van der Waals surface area (Å²) in [7, 11) is 0. The second-order valence-electron chi connectivity index (χ2n) is 13.6. The third kappa shape index (κ3) is 7.73. The maximum Gasteiger partial charge on any atom is 0.119 e. The van der Waals surface area contributed by atoms with Crippen molar-refractivity contribution in [2.45, 2.75) is 173 Å². The Balaban J connectivity index is 1.55. The summed E-state index contributed by atoms with van der Waals surface area (Å²) in [6.07, 6.45) is 17.1. The van der Waals surface area contributed by atoms with Gasteiger partial charge < -0.3 is 19.3 Å². The van der Waals surface area contributed by atoms with Crippen molar-refractivity contribution in [1.29, 1.82) is 0 Å². The van der Waals surface area contributed by atoms with Crippen molar-refractivity contribution in [1.82, 2.24) is 0 Å². The van der Waals surface area contributed by atoms with E-state index in [2.05, 4.69) is 47.6 Å². The maximum atomic E-state index is 11.1. The Hall–Kier alpha value is -1.10. The van der Waals surface area contributed by atoms with Gasteiger partial charge in [-0.1, -0.05) is 44.6 Å². The lowest BCUT2D eigenvalue weighted by Crippen LogP contribution is -2.33. The molecule has 3 aliphatic rings. The zero-order valence-electron chi connectivity index (χ0n) is 24.7. The van der Waals surface area contributed by atoms with Crippen LogP contribution in [0.4, 0.5) is 0 Å². The molecule has 0 aliphatic heterocycles. The number of ether oxygens (including phenoxy) is 3. The van der Waals surface area contributed by atoms with Crippen molar-refractivity contribution in [2.75, 3.05) is 0 Å². The maximum absolute atomic E-state index is 11.1. The average Bonchev–Trinajstić information content (AvgIpc) is 3.54. The first-order valence-corrected chi connectivity index (χ1v) is 15.3. The molecule has 1 aromatic rings. The number of hydrogen-bond acceptors (Lipinski definition) is 4. The quantitative estimate of drug-likeness (QED) is 0.305. The van der Waals surface area contributed by atoms with Gasteiger partial charge in [0.05, 0.1) is 35.1 Å². The van der Waals surface area contributed by atoms with E-state index in [1.807, 2.05) is 6.07 Å². The number of phenolic OH excluding ortho intramolecular Hbond substituents is 1. The van der Waals surface area contributed by atoms with Crippen molar-refractivity contribution in [3.63, 3.8) is 0 Å². The number of aromatic hydroxyl groups is 1. The minimum atomic E-state index is -0.0284. The minimum Gasteiger partial charge on any atom is -0.508 e. The molecular formula is C33H54O4. The van der Waals surface area contributed by atoms with Crippen LogP contribution in [0.1, 0.15) is 135 Å². The zero-order chi connectivity index (χ0) is 26.7. The Morgan fingerprint density at radius 2 is 0.946 bits per heavy atom. The topological polar surface area (TPSA) is 47.9 Å². The summed E-state index contributed by atoms with van der Waals surface area (Å²) in [5.41, 5.74) is 3.53. The van der Waals surface area contributed by atoms with Crippen LogP contribution in [-0.2, 0) is 33.5 Å². The summed E-state index contributed by atoms with van der Waals surface area (Å²) in [5, 5.41) is 11.1. The molecule has 3 unspecified atom stereocenters. The van der Waals surface area contributed by atoms with Gasteiger partial charge >= 0.3 is 0 Å². The summed E-state index contributed by atoms with van der Waals surface area (Å²) < 4.78 is 19.9. The molecule has 4 rings (SSSR count). The largest absolute Gasteiger partial charge is 0.508 e. The SMILES string of the molecule is CC(Cc1ccc(O)c(CC(C)OC2(C)CCCC2)c1CC(C)OC1(C)CCCC1)OC1(C)CCCC1. The van der Waals surface area contributed by atoms with Crippen molar-refractivity contribution < 1.29 is 19.3 Å². The van der Waals surface area contributed by atoms with Crippen LogP contribution in [0, 0.1) is 0 Å². The standard InChI is InChI=1S/C33H54O4/c1-24(35-31(4)15-7-8-16-31)21-27-13-14-30(34)29(23-26(3)37-33(6)19-11-12-20-33)28(27)22-25(2)36-32(5)17-9-10-18-32/h13-14,24-26,34H,7-12,15-23H2,1-6H3.